The van der Waals surface area contributed by atoms with Gasteiger partial charge >= 0.3 is 0 Å². The molecule has 0 saturated carbocycles. The lowest BCUT2D eigenvalue weighted by atomic mass is 9.86. The zero-order chi connectivity index (χ0) is 16.1. The number of amides is 1. The van der Waals surface area contributed by atoms with Gasteiger partial charge in [0, 0.05) is 5.69 Å². The molecule has 0 atom stereocenters. The third-order valence-corrected chi connectivity index (χ3v) is 5.94. The molecule has 0 spiro atoms. The van der Waals surface area contributed by atoms with E-state index < -0.39 is 15.4 Å². The number of nitrogens with zero attached hydrogens (tertiary/aromatic N) is 1. The first-order valence-electron chi connectivity index (χ1n) is 6.62. The molecule has 0 unspecified atom stereocenters. The van der Waals surface area contributed by atoms with E-state index in [1.54, 1.807) is 39.0 Å². The largest absolute Gasteiger partial charge is 0.325 e. The molecule has 1 aliphatic heterocycles. The number of carbonyl (C=O) groups excluding carboxylic acids is 1. The number of carbonyl (C=O) groups is 1. The molecule has 2 aromatic rings. The van der Waals surface area contributed by atoms with Crippen molar-refractivity contribution in [1.29, 1.82) is 0 Å². The second-order valence-corrected chi connectivity index (χ2v) is 8.21. The minimum atomic E-state index is -3.71. The molecule has 0 saturated heterocycles. The number of benzene rings is 1. The Balaban J connectivity index is 1.99. The Morgan fingerprint density at radius 1 is 1.27 bits per heavy atom. The van der Waals surface area contributed by atoms with Gasteiger partial charge in [0.05, 0.1) is 16.0 Å². The van der Waals surface area contributed by atoms with Crippen LogP contribution >= 0.6 is 11.5 Å². The number of fused-ring (bicyclic) bond motifs is 1. The van der Waals surface area contributed by atoms with Crippen molar-refractivity contribution in [3.63, 3.8) is 0 Å². The van der Waals surface area contributed by atoms with Crippen molar-refractivity contribution in [2.24, 2.45) is 0 Å². The SMILES string of the molecule is Cc1cc(NS(=O)(=O)c2ccc3c(c2)C(C)(C)C(=O)N3)sn1. The molecule has 3 rings (SSSR count). The van der Waals surface area contributed by atoms with E-state index in [2.05, 4.69) is 14.4 Å². The molecule has 8 heteroatoms. The zero-order valence-corrected chi connectivity index (χ0v) is 13.9. The molecule has 2 N–H and O–H groups in total. The Kier molecular flexibility index (Phi) is 3.26. The van der Waals surface area contributed by atoms with Crippen LogP contribution in [-0.4, -0.2) is 18.7 Å². The molecule has 0 aliphatic carbocycles. The van der Waals surface area contributed by atoms with Crippen LogP contribution in [0, 0.1) is 6.92 Å². The number of sulfonamides is 1. The monoisotopic (exact) mass is 337 g/mol. The average Bonchev–Trinajstić information content (AvgIpc) is 2.92. The smallest absolute Gasteiger partial charge is 0.262 e. The molecule has 116 valence electrons. The minimum Gasteiger partial charge on any atom is -0.325 e. The molecule has 0 fully saturated rings. The molecule has 0 bridgehead atoms. The summed E-state index contributed by atoms with van der Waals surface area (Å²) in [7, 11) is -3.71. The van der Waals surface area contributed by atoms with Crippen molar-refractivity contribution in [2.75, 3.05) is 10.0 Å². The molecule has 1 aliphatic rings. The second-order valence-electron chi connectivity index (χ2n) is 5.72. The average molecular weight is 337 g/mol. The van der Waals surface area contributed by atoms with Gasteiger partial charge in [-0.15, -0.1) is 0 Å². The maximum Gasteiger partial charge on any atom is 0.262 e. The van der Waals surface area contributed by atoms with Gasteiger partial charge in [-0.1, -0.05) is 0 Å². The van der Waals surface area contributed by atoms with E-state index in [1.807, 2.05) is 0 Å². The van der Waals surface area contributed by atoms with E-state index in [1.165, 1.54) is 6.07 Å². The topological polar surface area (TPSA) is 88.2 Å². The first-order valence-corrected chi connectivity index (χ1v) is 8.88. The Bertz CT molecular complexity index is 869. The Labute approximate surface area is 132 Å². The standard InChI is InChI=1S/C14H15N3O3S2/c1-8-6-12(21-16-8)17-22(19,20)9-4-5-11-10(7-9)14(2,3)13(18)15-11/h4-7,17H,1-3H3,(H,15,18). The van der Waals surface area contributed by atoms with E-state index in [4.69, 9.17) is 0 Å². The molecule has 1 aromatic carbocycles. The highest BCUT2D eigenvalue weighted by atomic mass is 32.2. The first-order chi connectivity index (χ1) is 10.2. The molecule has 1 aromatic heterocycles. The molecular formula is C14H15N3O3S2. The van der Waals surface area contributed by atoms with Gasteiger partial charge in [-0.3, -0.25) is 9.52 Å². The molecule has 6 nitrogen and oxygen atoms in total. The van der Waals surface area contributed by atoms with E-state index >= 15 is 0 Å². The fraction of sp³-hybridized carbons (Fsp3) is 0.286. The van der Waals surface area contributed by atoms with Crippen LogP contribution in [-0.2, 0) is 20.2 Å². The zero-order valence-electron chi connectivity index (χ0n) is 12.3. The fourth-order valence-electron chi connectivity index (χ4n) is 2.32. The molecular weight excluding hydrogens is 322 g/mol. The van der Waals surface area contributed by atoms with Crippen LogP contribution < -0.4 is 10.0 Å². The van der Waals surface area contributed by atoms with Gasteiger partial charge in [0.15, 0.2) is 0 Å². The van der Waals surface area contributed by atoms with Crippen LogP contribution in [0.4, 0.5) is 10.7 Å². The third-order valence-electron chi connectivity index (χ3n) is 3.65. The number of anilines is 2. The quantitative estimate of drug-likeness (QED) is 0.900. The Hall–Kier alpha value is -1.93. The Morgan fingerprint density at radius 2 is 2.00 bits per heavy atom. The van der Waals surface area contributed by atoms with Crippen LogP contribution in [0.25, 0.3) is 0 Å². The summed E-state index contributed by atoms with van der Waals surface area (Å²) in [5, 5.41) is 3.22. The number of aryl methyl sites for hydroxylation is 1. The van der Waals surface area contributed by atoms with Crippen molar-refractivity contribution in [3.05, 3.63) is 35.5 Å². The van der Waals surface area contributed by atoms with E-state index in [-0.39, 0.29) is 10.8 Å². The number of nitrogens with one attached hydrogen (secondary N) is 2. The highest BCUT2D eigenvalue weighted by Gasteiger charge is 2.39. The van der Waals surface area contributed by atoms with Gasteiger partial charge in [-0.2, -0.15) is 4.37 Å². The van der Waals surface area contributed by atoms with Gasteiger partial charge in [-0.25, -0.2) is 8.42 Å². The lowest BCUT2D eigenvalue weighted by molar-refractivity contribution is -0.119. The lowest BCUT2D eigenvalue weighted by Crippen LogP contribution is -2.27. The van der Waals surface area contributed by atoms with Crippen molar-refractivity contribution >= 4 is 38.2 Å². The summed E-state index contributed by atoms with van der Waals surface area (Å²) in [6.45, 7) is 5.33. The van der Waals surface area contributed by atoms with Gasteiger partial charge in [0.25, 0.3) is 10.0 Å². The predicted molar refractivity (Wildman–Crippen MR) is 85.8 cm³/mol. The maximum atomic E-state index is 12.5. The molecule has 2 heterocycles. The minimum absolute atomic E-state index is 0.127. The van der Waals surface area contributed by atoms with Crippen LogP contribution in [0.3, 0.4) is 0 Å². The summed E-state index contributed by atoms with van der Waals surface area (Å²) >= 11 is 1.09. The fourth-order valence-corrected chi connectivity index (χ4v) is 4.28. The summed E-state index contributed by atoms with van der Waals surface area (Å²) < 4.78 is 31.5. The number of aromatic nitrogens is 1. The first kappa shape index (κ1) is 15.0. The van der Waals surface area contributed by atoms with E-state index in [0.717, 1.165) is 17.2 Å². The number of rotatable bonds is 3. The van der Waals surface area contributed by atoms with Gasteiger partial charge in [0.2, 0.25) is 5.91 Å². The number of hydrogen-bond acceptors (Lipinski definition) is 5. The van der Waals surface area contributed by atoms with E-state index in [0.29, 0.717) is 16.3 Å². The number of hydrogen-bond donors (Lipinski definition) is 2. The molecule has 0 radical (unpaired) electrons. The van der Waals surface area contributed by atoms with Crippen LogP contribution in [0.1, 0.15) is 25.1 Å². The van der Waals surface area contributed by atoms with Crippen molar-refractivity contribution in [3.8, 4) is 0 Å². The van der Waals surface area contributed by atoms with Gasteiger partial charge in [-0.05, 0) is 62.1 Å². The Morgan fingerprint density at radius 3 is 2.64 bits per heavy atom. The van der Waals surface area contributed by atoms with E-state index in [9.17, 15) is 13.2 Å². The normalized spacial score (nSPS) is 16.2. The van der Waals surface area contributed by atoms with Crippen LogP contribution in [0.2, 0.25) is 0 Å². The summed E-state index contributed by atoms with van der Waals surface area (Å²) in [6, 6.07) is 6.32. The van der Waals surface area contributed by atoms with Crippen molar-refractivity contribution < 1.29 is 13.2 Å². The summed E-state index contributed by atoms with van der Waals surface area (Å²) in [5.74, 6) is -0.136. The summed E-state index contributed by atoms with van der Waals surface area (Å²) in [4.78, 5) is 12.1. The molecule has 22 heavy (non-hydrogen) atoms. The van der Waals surface area contributed by atoms with Gasteiger partial charge < -0.3 is 5.32 Å². The predicted octanol–water partition coefficient (Wildman–Crippen LogP) is 2.48. The second kappa shape index (κ2) is 4.79. The van der Waals surface area contributed by atoms with Crippen molar-refractivity contribution in [2.45, 2.75) is 31.1 Å². The highest BCUT2D eigenvalue weighted by molar-refractivity contribution is 7.93. The summed E-state index contributed by atoms with van der Waals surface area (Å²) in [6.07, 6.45) is 0. The maximum absolute atomic E-state index is 12.5. The highest BCUT2D eigenvalue weighted by Crippen LogP contribution is 2.38. The van der Waals surface area contributed by atoms with Crippen LogP contribution in [0.5, 0.6) is 0 Å². The lowest BCUT2D eigenvalue weighted by Gasteiger charge is -2.16. The van der Waals surface area contributed by atoms with Crippen molar-refractivity contribution in [1.82, 2.24) is 4.37 Å². The third kappa shape index (κ3) is 2.38. The van der Waals surface area contributed by atoms with Gasteiger partial charge in [0.1, 0.15) is 5.00 Å². The summed E-state index contributed by atoms with van der Waals surface area (Å²) in [5.41, 5.74) is 1.35. The molecule has 1 amide bonds. The van der Waals surface area contributed by atoms with Crippen LogP contribution in [0.15, 0.2) is 29.2 Å².